The zero-order chi connectivity index (χ0) is 13.1. The lowest BCUT2D eigenvalue weighted by atomic mass is 10.3. The summed E-state index contributed by atoms with van der Waals surface area (Å²) in [6, 6.07) is 2.46. The number of halogens is 1. The number of aromatic nitrogens is 1. The highest BCUT2D eigenvalue weighted by Gasteiger charge is 2.11. The van der Waals surface area contributed by atoms with Gasteiger partial charge in [-0.3, -0.25) is 0 Å². The van der Waals surface area contributed by atoms with E-state index in [9.17, 15) is 0 Å². The molecule has 0 aromatic carbocycles. The van der Waals surface area contributed by atoms with Crippen LogP contribution in [-0.2, 0) is 6.54 Å². The minimum Gasteiger partial charge on any atom is -0.347 e. The number of nitrogens with zero attached hydrogens (tertiary/aromatic N) is 2. The second-order valence-corrected chi connectivity index (χ2v) is 7.31. The van der Waals surface area contributed by atoms with E-state index in [4.69, 9.17) is 0 Å². The van der Waals surface area contributed by atoms with Crippen molar-refractivity contribution < 1.29 is 0 Å². The molecule has 0 bridgehead atoms. The van der Waals surface area contributed by atoms with Gasteiger partial charge in [-0.25, -0.2) is 4.98 Å². The molecule has 0 radical (unpaired) electrons. The Balaban J connectivity index is 2.04. The molecule has 0 aliphatic rings. The van der Waals surface area contributed by atoms with E-state index < -0.39 is 0 Å². The average molecular weight is 346 g/mol. The number of nitrogens with one attached hydrogen (secondary N) is 1. The van der Waals surface area contributed by atoms with Crippen LogP contribution in [0, 0.1) is 0 Å². The Morgan fingerprint density at radius 2 is 2.22 bits per heavy atom. The first kappa shape index (κ1) is 14.0. The SMILES string of the molecule is CNC(C)c1csc(N(C)Cc2csc(Br)c2)n1. The van der Waals surface area contributed by atoms with E-state index in [1.54, 1.807) is 22.7 Å². The standard InChI is InChI=1S/C12H16BrN3S2/c1-8(14-2)10-7-18-12(15-10)16(3)5-9-4-11(13)17-6-9/h4,6-8,14H,5H2,1-3H3. The van der Waals surface area contributed by atoms with Crippen molar-refractivity contribution in [1.29, 1.82) is 0 Å². The molecular formula is C12H16BrN3S2. The van der Waals surface area contributed by atoms with Gasteiger partial charge in [0.2, 0.25) is 0 Å². The van der Waals surface area contributed by atoms with Crippen LogP contribution in [-0.4, -0.2) is 19.1 Å². The highest BCUT2D eigenvalue weighted by molar-refractivity contribution is 9.11. The topological polar surface area (TPSA) is 28.2 Å². The normalized spacial score (nSPS) is 12.7. The van der Waals surface area contributed by atoms with Crippen molar-refractivity contribution >= 4 is 43.7 Å². The third-order valence-electron chi connectivity index (χ3n) is 2.75. The summed E-state index contributed by atoms with van der Waals surface area (Å²) in [7, 11) is 4.04. The Morgan fingerprint density at radius 1 is 1.44 bits per heavy atom. The first-order valence-electron chi connectivity index (χ1n) is 5.67. The molecular weight excluding hydrogens is 330 g/mol. The van der Waals surface area contributed by atoms with Crippen molar-refractivity contribution in [1.82, 2.24) is 10.3 Å². The molecule has 3 nitrogen and oxygen atoms in total. The van der Waals surface area contributed by atoms with Gasteiger partial charge in [0.1, 0.15) is 0 Å². The van der Waals surface area contributed by atoms with Crippen molar-refractivity contribution in [2.24, 2.45) is 0 Å². The van der Waals surface area contributed by atoms with E-state index in [0.29, 0.717) is 6.04 Å². The molecule has 1 N–H and O–H groups in total. The number of hydrogen-bond donors (Lipinski definition) is 1. The Morgan fingerprint density at radius 3 is 2.83 bits per heavy atom. The summed E-state index contributed by atoms with van der Waals surface area (Å²) in [5, 5.41) is 8.57. The van der Waals surface area contributed by atoms with Gasteiger partial charge in [-0.2, -0.15) is 0 Å². The molecule has 0 aliphatic carbocycles. The molecule has 1 unspecified atom stereocenters. The predicted octanol–water partition coefficient (Wildman–Crippen LogP) is 3.88. The van der Waals surface area contributed by atoms with Crippen LogP contribution in [0.5, 0.6) is 0 Å². The smallest absolute Gasteiger partial charge is 0.185 e. The first-order valence-corrected chi connectivity index (χ1v) is 8.22. The largest absolute Gasteiger partial charge is 0.347 e. The number of rotatable bonds is 5. The molecule has 2 aromatic rings. The van der Waals surface area contributed by atoms with Crippen LogP contribution in [0.4, 0.5) is 5.13 Å². The predicted molar refractivity (Wildman–Crippen MR) is 83.7 cm³/mol. The van der Waals surface area contributed by atoms with E-state index >= 15 is 0 Å². The lowest BCUT2D eigenvalue weighted by Gasteiger charge is -2.14. The van der Waals surface area contributed by atoms with Crippen LogP contribution in [0.1, 0.15) is 24.2 Å². The van der Waals surface area contributed by atoms with Crippen molar-refractivity contribution in [2.45, 2.75) is 19.5 Å². The van der Waals surface area contributed by atoms with Crippen molar-refractivity contribution in [3.63, 3.8) is 0 Å². The molecule has 98 valence electrons. The summed E-state index contributed by atoms with van der Waals surface area (Å²) in [4.78, 5) is 6.84. The maximum atomic E-state index is 4.66. The van der Waals surface area contributed by atoms with Crippen LogP contribution in [0.3, 0.4) is 0 Å². The monoisotopic (exact) mass is 345 g/mol. The van der Waals surface area contributed by atoms with Crippen LogP contribution >= 0.6 is 38.6 Å². The molecule has 0 aliphatic heterocycles. The second-order valence-electron chi connectivity index (χ2n) is 4.18. The molecule has 0 amide bonds. The summed E-state index contributed by atoms with van der Waals surface area (Å²) < 4.78 is 1.18. The van der Waals surface area contributed by atoms with Gasteiger partial charge in [-0.05, 0) is 46.9 Å². The van der Waals surface area contributed by atoms with Crippen molar-refractivity contribution in [3.05, 3.63) is 31.9 Å². The minimum atomic E-state index is 0.304. The Hall–Kier alpha value is -0.430. The van der Waals surface area contributed by atoms with Gasteiger partial charge in [0.15, 0.2) is 5.13 Å². The summed E-state index contributed by atoms with van der Waals surface area (Å²) in [5.74, 6) is 0. The first-order chi connectivity index (χ1) is 8.60. The van der Waals surface area contributed by atoms with Crippen LogP contribution < -0.4 is 10.2 Å². The zero-order valence-electron chi connectivity index (χ0n) is 10.6. The molecule has 0 saturated heterocycles. The van der Waals surface area contributed by atoms with E-state index in [2.05, 4.69) is 61.9 Å². The number of anilines is 1. The fraction of sp³-hybridized carbons (Fsp3) is 0.417. The quantitative estimate of drug-likeness (QED) is 0.890. The molecule has 6 heteroatoms. The fourth-order valence-corrected chi connectivity index (χ4v) is 3.65. The molecule has 1 atom stereocenters. The molecule has 2 rings (SSSR count). The molecule has 2 heterocycles. The van der Waals surface area contributed by atoms with Gasteiger partial charge in [-0.15, -0.1) is 22.7 Å². The highest BCUT2D eigenvalue weighted by atomic mass is 79.9. The lowest BCUT2D eigenvalue weighted by molar-refractivity contribution is 0.636. The van der Waals surface area contributed by atoms with E-state index in [0.717, 1.165) is 17.4 Å². The van der Waals surface area contributed by atoms with Gasteiger partial charge in [0.25, 0.3) is 0 Å². The molecule has 0 spiro atoms. The van der Waals surface area contributed by atoms with E-state index in [1.165, 1.54) is 9.35 Å². The van der Waals surface area contributed by atoms with Gasteiger partial charge >= 0.3 is 0 Å². The van der Waals surface area contributed by atoms with Crippen molar-refractivity contribution in [3.8, 4) is 0 Å². The van der Waals surface area contributed by atoms with Crippen LogP contribution in [0.15, 0.2) is 20.6 Å². The lowest BCUT2D eigenvalue weighted by Crippen LogP contribution is -2.17. The van der Waals surface area contributed by atoms with Gasteiger partial charge in [0.05, 0.1) is 9.48 Å². The maximum Gasteiger partial charge on any atom is 0.185 e. The number of thiazole rings is 1. The van der Waals surface area contributed by atoms with Gasteiger partial charge < -0.3 is 10.2 Å². The van der Waals surface area contributed by atoms with Gasteiger partial charge in [0, 0.05) is 25.0 Å². The molecule has 2 aromatic heterocycles. The summed E-state index contributed by atoms with van der Waals surface area (Å²) in [6.07, 6.45) is 0. The fourth-order valence-electron chi connectivity index (χ4n) is 1.57. The Bertz CT molecular complexity index is 509. The average Bonchev–Trinajstić information content (AvgIpc) is 2.97. The Kier molecular flexibility index (Phi) is 4.77. The third-order valence-corrected chi connectivity index (χ3v) is 5.28. The molecule has 0 fully saturated rings. The highest BCUT2D eigenvalue weighted by Crippen LogP contribution is 2.26. The number of hydrogen-bond acceptors (Lipinski definition) is 5. The maximum absolute atomic E-state index is 4.66. The second kappa shape index (κ2) is 6.14. The third kappa shape index (κ3) is 3.32. The summed E-state index contributed by atoms with van der Waals surface area (Å²) in [5.41, 5.74) is 2.42. The van der Waals surface area contributed by atoms with Crippen LogP contribution in [0.25, 0.3) is 0 Å². The summed E-state index contributed by atoms with van der Waals surface area (Å²) in [6.45, 7) is 3.01. The molecule has 18 heavy (non-hydrogen) atoms. The van der Waals surface area contributed by atoms with Crippen molar-refractivity contribution in [2.75, 3.05) is 19.0 Å². The zero-order valence-corrected chi connectivity index (χ0v) is 13.8. The summed E-state index contributed by atoms with van der Waals surface area (Å²) >= 11 is 6.90. The minimum absolute atomic E-state index is 0.304. The van der Waals surface area contributed by atoms with E-state index in [-0.39, 0.29) is 0 Å². The Labute approximate surface area is 124 Å². The van der Waals surface area contributed by atoms with Gasteiger partial charge in [-0.1, -0.05) is 0 Å². The molecule has 0 saturated carbocycles. The number of thiophene rings is 1. The van der Waals surface area contributed by atoms with Crippen LogP contribution in [0.2, 0.25) is 0 Å². The van der Waals surface area contributed by atoms with E-state index in [1.807, 2.05) is 7.05 Å².